The smallest absolute Gasteiger partial charge is 0.257 e. The van der Waals surface area contributed by atoms with Gasteiger partial charge >= 0.3 is 0 Å². The van der Waals surface area contributed by atoms with E-state index in [0.717, 1.165) is 12.1 Å². The van der Waals surface area contributed by atoms with Crippen molar-refractivity contribution in [2.75, 3.05) is 7.11 Å². The second-order valence-electron chi connectivity index (χ2n) is 4.64. The second kappa shape index (κ2) is 7.09. The number of rotatable bonds is 5. The molecule has 1 amide bonds. The lowest BCUT2D eigenvalue weighted by Crippen LogP contribution is -2.25. The van der Waals surface area contributed by atoms with Crippen molar-refractivity contribution in [3.63, 3.8) is 0 Å². The van der Waals surface area contributed by atoms with E-state index in [2.05, 4.69) is 5.32 Å². The molecule has 0 radical (unpaired) electrons. The fourth-order valence-electron chi connectivity index (χ4n) is 1.96. The number of methoxy groups -OCH3 is 1. The van der Waals surface area contributed by atoms with Crippen molar-refractivity contribution in [3.05, 3.63) is 70.5 Å². The van der Waals surface area contributed by atoms with Crippen molar-refractivity contribution in [3.8, 4) is 0 Å². The Morgan fingerprint density at radius 1 is 1.09 bits per heavy atom. The van der Waals surface area contributed by atoms with Crippen molar-refractivity contribution in [2.45, 2.75) is 13.2 Å². The molecule has 0 bridgehead atoms. The van der Waals surface area contributed by atoms with Gasteiger partial charge in [0.2, 0.25) is 0 Å². The molecule has 0 saturated carbocycles. The Balaban J connectivity index is 2.07. The van der Waals surface area contributed by atoms with Crippen LogP contribution in [0.3, 0.4) is 0 Å². The van der Waals surface area contributed by atoms with Gasteiger partial charge in [0.1, 0.15) is 23.0 Å². The number of halogens is 3. The molecule has 6 heteroatoms. The van der Waals surface area contributed by atoms with Crippen molar-refractivity contribution < 1.29 is 22.7 Å². The van der Waals surface area contributed by atoms with Crippen LogP contribution in [-0.2, 0) is 17.9 Å². The number of nitrogens with one attached hydrogen (secondary N) is 1. The van der Waals surface area contributed by atoms with Crippen LogP contribution in [0.5, 0.6) is 0 Å². The highest BCUT2D eigenvalue weighted by Crippen LogP contribution is 2.14. The average Bonchev–Trinajstić information content (AvgIpc) is 2.47. The first-order chi connectivity index (χ1) is 10.5. The first kappa shape index (κ1) is 16.0. The van der Waals surface area contributed by atoms with Crippen LogP contribution in [0.4, 0.5) is 13.2 Å². The van der Waals surface area contributed by atoms with Gasteiger partial charge in [-0.2, -0.15) is 0 Å². The number of hydrogen-bond donors (Lipinski definition) is 1. The summed E-state index contributed by atoms with van der Waals surface area (Å²) in [6.07, 6.45) is 0. The summed E-state index contributed by atoms with van der Waals surface area (Å²) in [5.74, 6) is -3.25. The minimum absolute atomic E-state index is 0.0449. The van der Waals surface area contributed by atoms with Gasteiger partial charge in [0.15, 0.2) is 0 Å². The van der Waals surface area contributed by atoms with E-state index in [1.165, 1.54) is 25.3 Å². The lowest BCUT2D eigenvalue weighted by atomic mass is 10.1. The third-order valence-electron chi connectivity index (χ3n) is 3.06. The molecule has 0 aliphatic heterocycles. The molecule has 0 unspecified atom stereocenters. The Morgan fingerprint density at radius 3 is 2.36 bits per heavy atom. The predicted octanol–water partition coefficient (Wildman–Crippen LogP) is 3.18. The molecule has 22 heavy (non-hydrogen) atoms. The molecule has 2 aromatic rings. The number of ether oxygens (including phenoxy) is 1. The van der Waals surface area contributed by atoms with E-state index in [-0.39, 0.29) is 13.2 Å². The summed E-state index contributed by atoms with van der Waals surface area (Å²) in [4.78, 5) is 11.8. The van der Waals surface area contributed by atoms with E-state index in [1.54, 1.807) is 6.07 Å². The van der Waals surface area contributed by atoms with Gasteiger partial charge in [0.05, 0.1) is 6.61 Å². The third kappa shape index (κ3) is 3.65. The van der Waals surface area contributed by atoms with Crippen molar-refractivity contribution in [2.24, 2.45) is 0 Å². The molecule has 0 aliphatic carbocycles. The fourth-order valence-corrected chi connectivity index (χ4v) is 1.96. The molecular formula is C16H14F3NO2. The predicted molar refractivity (Wildman–Crippen MR) is 74.6 cm³/mol. The number of carbonyl (C=O) groups is 1. The fraction of sp³-hybridized carbons (Fsp3) is 0.188. The molecule has 0 heterocycles. The molecular weight excluding hydrogens is 295 g/mol. The van der Waals surface area contributed by atoms with Gasteiger partial charge in [0, 0.05) is 19.2 Å². The SMILES string of the molecule is COCc1ccc(CNC(=O)c2c(F)cccc2F)cc1F. The lowest BCUT2D eigenvalue weighted by molar-refractivity contribution is 0.0942. The van der Waals surface area contributed by atoms with E-state index in [9.17, 15) is 18.0 Å². The maximum atomic E-state index is 13.7. The zero-order chi connectivity index (χ0) is 16.1. The minimum atomic E-state index is -0.945. The highest BCUT2D eigenvalue weighted by Gasteiger charge is 2.16. The lowest BCUT2D eigenvalue weighted by Gasteiger charge is -2.08. The summed E-state index contributed by atoms with van der Waals surface area (Å²) in [6.45, 7) is 0.0930. The standard InChI is InChI=1S/C16H14F3NO2/c1-22-9-11-6-5-10(7-14(11)19)8-20-16(21)15-12(17)3-2-4-13(15)18/h2-7H,8-9H2,1H3,(H,20,21). The van der Waals surface area contributed by atoms with Crippen molar-refractivity contribution >= 4 is 5.91 Å². The Morgan fingerprint density at radius 2 is 1.77 bits per heavy atom. The van der Waals surface area contributed by atoms with E-state index < -0.39 is 28.9 Å². The average molecular weight is 309 g/mol. The molecule has 3 nitrogen and oxygen atoms in total. The van der Waals surface area contributed by atoms with Crippen molar-refractivity contribution in [1.82, 2.24) is 5.32 Å². The maximum Gasteiger partial charge on any atom is 0.257 e. The van der Waals surface area contributed by atoms with Crippen LogP contribution in [0.15, 0.2) is 36.4 Å². The van der Waals surface area contributed by atoms with Crippen LogP contribution in [0.1, 0.15) is 21.5 Å². The summed E-state index contributed by atoms with van der Waals surface area (Å²) in [5, 5.41) is 2.36. The van der Waals surface area contributed by atoms with Crippen LogP contribution < -0.4 is 5.32 Å². The molecule has 0 aromatic heterocycles. The normalized spacial score (nSPS) is 10.5. The summed E-state index contributed by atoms with van der Waals surface area (Å²) in [7, 11) is 1.45. The molecule has 0 saturated heterocycles. The first-order valence-corrected chi connectivity index (χ1v) is 6.51. The summed E-state index contributed by atoms with van der Waals surface area (Å²) in [5.41, 5.74) is 0.208. The molecule has 0 spiro atoms. The zero-order valence-electron chi connectivity index (χ0n) is 11.8. The molecule has 0 atom stereocenters. The van der Waals surface area contributed by atoms with Gasteiger partial charge < -0.3 is 10.1 Å². The van der Waals surface area contributed by atoms with Crippen molar-refractivity contribution in [1.29, 1.82) is 0 Å². The Labute approximate surface area is 125 Å². The minimum Gasteiger partial charge on any atom is -0.380 e. The van der Waals surface area contributed by atoms with Gasteiger partial charge in [-0.15, -0.1) is 0 Å². The summed E-state index contributed by atoms with van der Waals surface area (Å²) in [6, 6.07) is 7.55. The van der Waals surface area contributed by atoms with E-state index in [4.69, 9.17) is 4.74 Å². The number of benzene rings is 2. The maximum absolute atomic E-state index is 13.7. The van der Waals surface area contributed by atoms with Crippen LogP contribution in [0.25, 0.3) is 0 Å². The summed E-state index contributed by atoms with van der Waals surface area (Å²) >= 11 is 0. The van der Waals surface area contributed by atoms with Gasteiger partial charge in [-0.25, -0.2) is 13.2 Å². The van der Waals surface area contributed by atoms with Gasteiger partial charge in [-0.05, 0) is 23.8 Å². The van der Waals surface area contributed by atoms with E-state index >= 15 is 0 Å². The Hall–Kier alpha value is -2.34. The molecule has 0 fully saturated rings. The highest BCUT2D eigenvalue weighted by molar-refractivity contribution is 5.94. The van der Waals surface area contributed by atoms with Crippen LogP contribution in [-0.4, -0.2) is 13.0 Å². The topological polar surface area (TPSA) is 38.3 Å². The highest BCUT2D eigenvalue weighted by atomic mass is 19.1. The Kier molecular flexibility index (Phi) is 5.16. The van der Waals surface area contributed by atoms with Crippen LogP contribution in [0.2, 0.25) is 0 Å². The number of hydrogen-bond acceptors (Lipinski definition) is 2. The second-order valence-corrected chi connectivity index (χ2v) is 4.64. The van der Waals surface area contributed by atoms with Crippen LogP contribution >= 0.6 is 0 Å². The monoisotopic (exact) mass is 309 g/mol. The number of amides is 1. The van der Waals surface area contributed by atoms with Gasteiger partial charge in [-0.1, -0.05) is 18.2 Å². The molecule has 2 rings (SSSR count). The van der Waals surface area contributed by atoms with Gasteiger partial charge in [-0.3, -0.25) is 4.79 Å². The molecule has 116 valence electrons. The quantitative estimate of drug-likeness (QED) is 0.921. The Bertz CT molecular complexity index is 669. The zero-order valence-corrected chi connectivity index (χ0v) is 11.8. The van der Waals surface area contributed by atoms with Gasteiger partial charge in [0.25, 0.3) is 5.91 Å². The molecule has 1 N–H and O–H groups in total. The molecule has 2 aromatic carbocycles. The largest absolute Gasteiger partial charge is 0.380 e. The third-order valence-corrected chi connectivity index (χ3v) is 3.06. The first-order valence-electron chi connectivity index (χ1n) is 6.51. The molecule has 0 aliphatic rings. The van der Waals surface area contributed by atoms with E-state index in [0.29, 0.717) is 11.1 Å². The number of carbonyl (C=O) groups excluding carboxylic acids is 1. The van der Waals surface area contributed by atoms with E-state index in [1.807, 2.05) is 0 Å². The summed E-state index contributed by atoms with van der Waals surface area (Å²) < 4.78 is 45.4. The van der Waals surface area contributed by atoms with Crippen LogP contribution in [0, 0.1) is 17.5 Å².